The van der Waals surface area contributed by atoms with Crippen LogP contribution in [-0.2, 0) is 6.42 Å². The third-order valence-corrected chi connectivity index (χ3v) is 4.71. The molecule has 0 aliphatic heterocycles. The van der Waals surface area contributed by atoms with E-state index in [1.54, 1.807) is 22.7 Å². The first-order valence-corrected chi connectivity index (χ1v) is 7.43. The molecule has 1 saturated carbocycles. The summed E-state index contributed by atoms with van der Waals surface area (Å²) in [5, 5.41) is 15.1. The fourth-order valence-electron chi connectivity index (χ4n) is 1.59. The summed E-state index contributed by atoms with van der Waals surface area (Å²) >= 11 is 3.35. The van der Waals surface area contributed by atoms with E-state index in [9.17, 15) is 0 Å². The van der Waals surface area contributed by atoms with Crippen LogP contribution in [0.15, 0.2) is 6.20 Å². The van der Waals surface area contributed by atoms with Crippen LogP contribution in [0.5, 0.6) is 0 Å². The largest absolute Gasteiger partial charge is 0.314 e. The molecule has 2 aromatic heterocycles. The molecule has 3 rings (SSSR count). The zero-order valence-corrected chi connectivity index (χ0v) is 11.3. The fraction of sp³-hybridized carbons (Fsp3) is 0.545. The SMILES string of the molecule is Cc1ncc(-c2nnc(CCNC3CC3)s2)s1. The summed E-state index contributed by atoms with van der Waals surface area (Å²) in [4.78, 5) is 5.37. The van der Waals surface area contributed by atoms with Crippen molar-refractivity contribution in [2.75, 3.05) is 6.54 Å². The Kier molecular flexibility index (Phi) is 3.17. The lowest BCUT2D eigenvalue weighted by molar-refractivity contribution is 0.677. The van der Waals surface area contributed by atoms with Gasteiger partial charge in [-0.15, -0.1) is 21.5 Å². The van der Waals surface area contributed by atoms with Crippen LogP contribution in [0.2, 0.25) is 0 Å². The number of nitrogens with one attached hydrogen (secondary N) is 1. The maximum atomic E-state index is 4.24. The molecule has 4 nitrogen and oxygen atoms in total. The molecular weight excluding hydrogens is 252 g/mol. The van der Waals surface area contributed by atoms with E-state index in [1.807, 2.05) is 13.1 Å². The first-order chi connectivity index (χ1) is 8.31. The Hall–Kier alpha value is -0.850. The van der Waals surface area contributed by atoms with Crippen LogP contribution in [0.3, 0.4) is 0 Å². The van der Waals surface area contributed by atoms with Gasteiger partial charge < -0.3 is 5.32 Å². The summed E-state index contributed by atoms with van der Waals surface area (Å²) in [6, 6.07) is 0.770. The molecule has 0 aromatic carbocycles. The molecule has 1 aliphatic rings. The minimum absolute atomic E-state index is 0.770. The molecule has 0 radical (unpaired) electrons. The van der Waals surface area contributed by atoms with Crippen LogP contribution in [0.25, 0.3) is 9.88 Å². The van der Waals surface area contributed by atoms with E-state index < -0.39 is 0 Å². The summed E-state index contributed by atoms with van der Waals surface area (Å²) in [6.07, 6.45) is 5.53. The molecule has 0 bridgehead atoms. The molecule has 17 heavy (non-hydrogen) atoms. The van der Waals surface area contributed by atoms with Crippen LogP contribution in [0.1, 0.15) is 22.9 Å². The number of hydrogen-bond donors (Lipinski definition) is 1. The second-order valence-electron chi connectivity index (χ2n) is 4.22. The van der Waals surface area contributed by atoms with E-state index in [0.717, 1.165) is 38.9 Å². The second-order valence-corrected chi connectivity index (χ2v) is 6.52. The predicted molar refractivity (Wildman–Crippen MR) is 70.5 cm³/mol. The average molecular weight is 266 g/mol. The lowest BCUT2D eigenvalue weighted by Crippen LogP contribution is -2.19. The van der Waals surface area contributed by atoms with Gasteiger partial charge in [0, 0.05) is 25.2 Å². The number of nitrogens with zero attached hydrogens (tertiary/aromatic N) is 3. The maximum Gasteiger partial charge on any atom is 0.159 e. The fourth-order valence-corrected chi connectivity index (χ4v) is 3.24. The maximum absolute atomic E-state index is 4.24. The van der Waals surface area contributed by atoms with Crippen LogP contribution < -0.4 is 5.32 Å². The number of aryl methyl sites for hydroxylation is 1. The average Bonchev–Trinajstić information content (AvgIpc) is 2.85. The monoisotopic (exact) mass is 266 g/mol. The molecular formula is C11H14N4S2. The molecule has 1 N–H and O–H groups in total. The standard InChI is InChI=1S/C11H14N4S2/c1-7-13-6-9(16-7)11-15-14-10(17-11)4-5-12-8-2-3-8/h6,8,12H,2-5H2,1H3. The Morgan fingerprint density at radius 2 is 2.24 bits per heavy atom. The normalized spacial score (nSPS) is 15.4. The van der Waals surface area contributed by atoms with Gasteiger partial charge in [-0.05, 0) is 19.8 Å². The highest BCUT2D eigenvalue weighted by Gasteiger charge is 2.20. The van der Waals surface area contributed by atoms with Crippen molar-refractivity contribution in [1.29, 1.82) is 0 Å². The van der Waals surface area contributed by atoms with E-state index in [-0.39, 0.29) is 0 Å². The molecule has 2 aromatic rings. The zero-order valence-electron chi connectivity index (χ0n) is 9.64. The summed E-state index contributed by atoms with van der Waals surface area (Å²) in [5.74, 6) is 0. The molecule has 6 heteroatoms. The highest BCUT2D eigenvalue weighted by atomic mass is 32.1. The van der Waals surface area contributed by atoms with Crippen LogP contribution in [0, 0.1) is 6.92 Å². The first-order valence-electron chi connectivity index (χ1n) is 5.80. The number of rotatable bonds is 5. The van der Waals surface area contributed by atoms with Gasteiger partial charge >= 0.3 is 0 Å². The molecule has 0 atom stereocenters. The van der Waals surface area contributed by atoms with Gasteiger partial charge in [0.15, 0.2) is 5.01 Å². The zero-order chi connectivity index (χ0) is 11.7. The van der Waals surface area contributed by atoms with E-state index in [1.165, 1.54) is 12.8 Å². The lowest BCUT2D eigenvalue weighted by Gasteiger charge is -1.97. The van der Waals surface area contributed by atoms with Gasteiger partial charge in [-0.3, -0.25) is 0 Å². The third kappa shape index (κ3) is 2.88. The van der Waals surface area contributed by atoms with E-state index >= 15 is 0 Å². The Morgan fingerprint density at radius 3 is 2.94 bits per heavy atom. The molecule has 0 spiro atoms. The van der Waals surface area contributed by atoms with Gasteiger partial charge in [-0.2, -0.15) is 0 Å². The van der Waals surface area contributed by atoms with Gasteiger partial charge in [0.25, 0.3) is 0 Å². The molecule has 1 aliphatic carbocycles. The third-order valence-electron chi connectivity index (χ3n) is 2.65. The quantitative estimate of drug-likeness (QED) is 0.902. The van der Waals surface area contributed by atoms with Crippen molar-refractivity contribution in [3.8, 4) is 9.88 Å². The van der Waals surface area contributed by atoms with Gasteiger partial charge in [0.2, 0.25) is 0 Å². The van der Waals surface area contributed by atoms with Crippen molar-refractivity contribution in [3.05, 3.63) is 16.2 Å². The Labute approximate surface area is 108 Å². The van der Waals surface area contributed by atoms with Crippen molar-refractivity contribution in [2.24, 2.45) is 0 Å². The Bertz CT molecular complexity index is 501. The molecule has 1 fully saturated rings. The van der Waals surface area contributed by atoms with E-state index in [4.69, 9.17) is 0 Å². The van der Waals surface area contributed by atoms with E-state index in [2.05, 4.69) is 20.5 Å². The van der Waals surface area contributed by atoms with Crippen molar-refractivity contribution in [3.63, 3.8) is 0 Å². The van der Waals surface area contributed by atoms with Crippen molar-refractivity contribution < 1.29 is 0 Å². The highest BCUT2D eigenvalue weighted by Crippen LogP contribution is 2.28. The molecule has 90 valence electrons. The van der Waals surface area contributed by atoms with E-state index in [0.29, 0.717) is 0 Å². The Balaban J connectivity index is 1.61. The van der Waals surface area contributed by atoms with Crippen molar-refractivity contribution in [1.82, 2.24) is 20.5 Å². The minimum atomic E-state index is 0.770. The van der Waals surface area contributed by atoms with Crippen molar-refractivity contribution in [2.45, 2.75) is 32.2 Å². The number of aromatic nitrogens is 3. The van der Waals surface area contributed by atoms with Gasteiger partial charge in [-0.25, -0.2) is 4.98 Å². The molecule has 0 unspecified atom stereocenters. The van der Waals surface area contributed by atoms with Crippen LogP contribution in [-0.4, -0.2) is 27.8 Å². The number of thiazole rings is 1. The summed E-state index contributed by atoms with van der Waals surface area (Å²) in [5.41, 5.74) is 0. The summed E-state index contributed by atoms with van der Waals surface area (Å²) in [7, 11) is 0. The topological polar surface area (TPSA) is 50.7 Å². The lowest BCUT2D eigenvalue weighted by atomic mass is 10.4. The van der Waals surface area contributed by atoms with Gasteiger partial charge in [0.1, 0.15) is 5.01 Å². The van der Waals surface area contributed by atoms with Crippen LogP contribution in [0.4, 0.5) is 0 Å². The Morgan fingerprint density at radius 1 is 1.35 bits per heavy atom. The number of hydrogen-bond acceptors (Lipinski definition) is 6. The second kappa shape index (κ2) is 4.80. The minimum Gasteiger partial charge on any atom is -0.314 e. The first kappa shape index (κ1) is 11.3. The van der Waals surface area contributed by atoms with Gasteiger partial charge in [-0.1, -0.05) is 11.3 Å². The predicted octanol–water partition coefficient (Wildman–Crippen LogP) is 2.26. The molecule has 0 saturated heterocycles. The van der Waals surface area contributed by atoms with Crippen molar-refractivity contribution >= 4 is 22.7 Å². The molecule has 2 heterocycles. The smallest absolute Gasteiger partial charge is 0.159 e. The molecule has 0 amide bonds. The summed E-state index contributed by atoms with van der Waals surface area (Å²) < 4.78 is 0. The summed E-state index contributed by atoms with van der Waals surface area (Å²) in [6.45, 7) is 3.02. The van der Waals surface area contributed by atoms with Crippen LogP contribution >= 0.6 is 22.7 Å². The highest BCUT2D eigenvalue weighted by molar-refractivity contribution is 7.21. The van der Waals surface area contributed by atoms with Gasteiger partial charge in [0.05, 0.1) is 9.88 Å².